The first-order valence-electron chi connectivity index (χ1n) is 11.3. The maximum atomic E-state index is 14.0. The molecule has 34 heavy (non-hydrogen) atoms. The molecule has 2 aromatic carbocycles. The molecular weight excluding hydrogens is 483 g/mol. The Labute approximate surface area is 205 Å². The Kier molecular flexibility index (Phi) is 9.16. The van der Waals surface area contributed by atoms with Crippen molar-refractivity contribution in [3.05, 3.63) is 58.4 Å². The van der Waals surface area contributed by atoms with Gasteiger partial charge in [-0.25, -0.2) is 17.1 Å². The molecule has 1 aliphatic rings. The van der Waals surface area contributed by atoms with Gasteiger partial charge in [0.2, 0.25) is 15.9 Å². The van der Waals surface area contributed by atoms with E-state index in [1.807, 2.05) is 32.0 Å². The minimum absolute atomic E-state index is 0.0363. The molecule has 2 aromatic rings. The maximum absolute atomic E-state index is 14.0. The molecular formula is C24H30ClFN2O5S. The lowest BCUT2D eigenvalue weighted by molar-refractivity contribution is -0.126. The minimum atomic E-state index is -3.75. The van der Waals surface area contributed by atoms with E-state index in [9.17, 15) is 17.6 Å². The van der Waals surface area contributed by atoms with Crippen LogP contribution >= 0.6 is 11.6 Å². The third kappa shape index (κ3) is 6.61. The second kappa shape index (κ2) is 11.9. The summed E-state index contributed by atoms with van der Waals surface area (Å²) in [5.41, 5.74) is 0.841. The van der Waals surface area contributed by atoms with Crippen molar-refractivity contribution in [2.24, 2.45) is 5.92 Å². The van der Waals surface area contributed by atoms with E-state index < -0.39 is 21.6 Å². The van der Waals surface area contributed by atoms with Crippen LogP contribution in [0.1, 0.15) is 37.8 Å². The van der Waals surface area contributed by atoms with E-state index in [1.54, 1.807) is 0 Å². The molecule has 0 unspecified atom stereocenters. The van der Waals surface area contributed by atoms with Gasteiger partial charge in [0.25, 0.3) is 0 Å². The van der Waals surface area contributed by atoms with E-state index >= 15 is 0 Å². The van der Waals surface area contributed by atoms with E-state index in [2.05, 4.69) is 5.32 Å². The first-order valence-corrected chi connectivity index (χ1v) is 13.3. The van der Waals surface area contributed by atoms with Crippen molar-refractivity contribution in [3.63, 3.8) is 0 Å². The summed E-state index contributed by atoms with van der Waals surface area (Å²) >= 11 is 5.99. The number of hydrogen-bond acceptors (Lipinski definition) is 5. The largest absolute Gasteiger partial charge is 0.490 e. The van der Waals surface area contributed by atoms with Gasteiger partial charge in [0, 0.05) is 36.1 Å². The number of halogens is 2. The Morgan fingerprint density at radius 2 is 1.79 bits per heavy atom. The van der Waals surface area contributed by atoms with Gasteiger partial charge in [-0.2, -0.15) is 0 Å². The highest BCUT2D eigenvalue weighted by atomic mass is 35.5. The number of ether oxygens (including phenoxy) is 2. The molecule has 1 aliphatic heterocycles. The number of nitrogens with zero attached hydrogens (tertiary/aromatic N) is 1. The summed E-state index contributed by atoms with van der Waals surface area (Å²) in [6.07, 6.45) is 0.785. The fourth-order valence-electron chi connectivity index (χ4n) is 3.88. The van der Waals surface area contributed by atoms with Crippen molar-refractivity contribution in [2.45, 2.75) is 39.0 Å². The van der Waals surface area contributed by atoms with Crippen molar-refractivity contribution in [1.29, 1.82) is 0 Å². The van der Waals surface area contributed by atoms with Crippen LogP contribution in [0.25, 0.3) is 0 Å². The number of piperidine rings is 1. The zero-order valence-electron chi connectivity index (χ0n) is 19.4. The van der Waals surface area contributed by atoms with Crippen LogP contribution in [0.2, 0.25) is 5.02 Å². The first kappa shape index (κ1) is 26.2. The smallest absolute Gasteiger partial charge is 0.223 e. The Bertz CT molecular complexity index is 1080. The van der Waals surface area contributed by atoms with Crippen LogP contribution in [-0.2, 0) is 27.1 Å². The summed E-state index contributed by atoms with van der Waals surface area (Å²) in [4.78, 5) is 12.7. The van der Waals surface area contributed by atoms with Gasteiger partial charge in [-0.1, -0.05) is 23.7 Å². The molecule has 0 saturated carbocycles. The first-order chi connectivity index (χ1) is 16.2. The van der Waals surface area contributed by atoms with Gasteiger partial charge in [-0.05, 0) is 56.5 Å². The van der Waals surface area contributed by atoms with Crippen LogP contribution in [0.15, 0.2) is 36.4 Å². The number of nitrogens with one attached hydrogen (secondary N) is 1. The summed E-state index contributed by atoms with van der Waals surface area (Å²) in [5.74, 6) is -0.282. The fourth-order valence-corrected chi connectivity index (χ4v) is 5.80. The molecule has 1 fully saturated rings. The van der Waals surface area contributed by atoms with Crippen LogP contribution < -0.4 is 14.8 Å². The number of sulfonamides is 1. The van der Waals surface area contributed by atoms with Crippen molar-refractivity contribution in [2.75, 3.05) is 26.3 Å². The number of rotatable bonds is 10. The zero-order valence-corrected chi connectivity index (χ0v) is 20.9. The molecule has 1 N–H and O–H groups in total. The van der Waals surface area contributed by atoms with Crippen molar-refractivity contribution < 1.29 is 27.1 Å². The molecule has 1 heterocycles. The third-order valence-corrected chi connectivity index (χ3v) is 7.84. The summed E-state index contributed by atoms with van der Waals surface area (Å²) in [7, 11) is -3.75. The number of benzene rings is 2. The Morgan fingerprint density at radius 3 is 2.44 bits per heavy atom. The van der Waals surface area contributed by atoms with Gasteiger partial charge in [-0.15, -0.1) is 0 Å². The molecule has 186 valence electrons. The highest BCUT2D eigenvalue weighted by Gasteiger charge is 2.32. The normalized spacial score (nSPS) is 15.2. The predicted molar refractivity (Wildman–Crippen MR) is 129 cm³/mol. The molecule has 1 amide bonds. The van der Waals surface area contributed by atoms with Crippen LogP contribution in [0, 0.1) is 11.7 Å². The summed E-state index contributed by atoms with van der Waals surface area (Å²) in [5, 5.41) is 3.01. The SMILES string of the molecule is CCOc1ccc(CNC(=O)C2CCN(S(=O)(=O)Cc3c(F)cccc3Cl)CC2)cc1OCC. The van der Waals surface area contributed by atoms with Gasteiger partial charge < -0.3 is 14.8 Å². The third-order valence-electron chi connectivity index (χ3n) is 5.68. The Morgan fingerprint density at radius 1 is 1.12 bits per heavy atom. The molecule has 3 rings (SSSR count). The molecule has 10 heteroatoms. The predicted octanol–water partition coefficient (Wildman–Crippen LogP) is 4.13. The Hall–Kier alpha value is -2.36. The molecule has 0 radical (unpaired) electrons. The molecule has 0 atom stereocenters. The van der Waals surface area contributed by atoms with Crippen LogP contribution in [-0.4, -0.2) is 44.9 Å². The van der Waals surface area contributed by atoms with E-state index in [4.69, 9.17) is 21.1 Å². The fraction of sp³-hybridized carbons (Fsp3) is 0.458. The molecule has 0 spiro atoms. The number of carbonyl (C=O) groups excluding carboxylic acids is 1. The zero-order chi connectivity index (χ0) is 24.7. The second-order valence-electron chi connectivity index (χ2n) is 7.99. The molecule has 0 aromatic heterocycles. The maximum Gasteiger partial charge on any atom is 0.223 e. The van der Waals surface area contributed by atoms with E-state index in [0.717, 1.165) is 5.56 Å². The Balaban J connectivity index is 1.54. The monoisotopic (exact) mass is 512 g/mol. The topological polar surface area (TPSA) is 84.9 Å². The van der Waals surface area contributed by atoms with Gasteiger partial charge in [0.05, 0.1) is 19.0 Å². The van der Waals surface area contributed by atoms with Crippen LogP contribution in [0.3, 0.4) is 0 Å². The van der Waals surface area contributed by atoms with Crippen molar-refractivity contribution in [3.8, 4) is 11.5 Å². The average Bonchev–Trinajstić information content (AvgIpc) is 2.82. The highest BCUT2D eigenvalue weighted by molar-refractivity contribution is 7.88. The second-order valence-corrected chi connectivity index (χ2v) is 10.4. The molecule has 0 bridgehead atoms. The lowest BCUT2D eigenvalue weighted by Crippen LogP contribution is -2.43. The number of carbonyl (C=O) groups is 1. The lowest BCUT2D eigenvalue weighted by atomic mass is 9.97. The average molecular weight is 513 g/mol. The standard InChI is InChI=1S/C24H30ClFN2O5S/c1-3-32-22-9-8-17(14-23(22)33-4-2)15-27-24(29)18-10-12-28(13-11-18)34(30,31)16-19-20(25)6-5-7-21(19)26/h5-9,14,18H,3-4,10-13,15-16H2,1-2H3,(H,27,29). The quantitative estimate of drug-likeness (QED) is 0.517. The summed E-state index contributed by atoms with van der Waals surface area (Å²) in [6, 6.07) is 9.63. The van der Waals surface area contributed by atoms with E-state index in [1.165, 1.54) is 22.5 Å². The van der Waals surface area contributed by atoms with Gasteiger partial charge in [0.1, 0.15) is 5.82 Å². The molecule has 7 nitrogen and oxygen atoms in total. The molecule has 1 saturated heterocycles. The number of hydrogen-bond donors (Lipinski definition) is 1. The van der Waals surface area contributed by atoms with Gasteiger partial charge >= 0.3 is 0 Å². The van der Waals surface area contributed by atoms with Crippen molar-refractivity contribution in [1.82, 2.24) is 9.62 Å². The van der Waals surface area contributed by atoms with E-state index in [-0.39, 0.29) is 35.5 Å². The van der Waals surface area contributed by atoms with E-state index in [0.29, 0.717) is 44.1 Å². The number of amides is 1. The van der Waals surface area contributed by atoms with Crippen LogP contribution in [0.4, 0.5) is 4.39 Å². The molecule has 0 aliphatic carbocycles. The summed E-state index contributed by atoms with van der Waals surface area (Å²) < 4.78 is 52.1. The van der Waals surface area contributed by atoms with Gasteiger partial charge in [0.15, 0.2) is 11.5 Å². The van der Waals surface area contributed by atoms with Crippen molar-refractivity contribution >= 4 is 27.5 Å². The van der Waals surface area contributed by atoms with Gasteiger partial charge in [-0.3, -0.25) is 4.79 Å². The minimum Gasteiger partial charge on any atom is -0.490 e. The van der Waals surface area contributed by atoms with Crippen LogP contribution in [0.5, 0.6) is 11.5 Å². The summed E-state index contributed by atoms with van der Waals surface area (Å²) in [6.45, 7) is 5.54. The lowest BCUT2D eigenvalue weighted by Gasteiger charge is -2.30. The highest BCUT2D eigenvalue weighted by Crippen LogP contribution is 2.29.